The summed E-state index contributed by atoms with van der Waals surface area (Å²) in [4.78, 5) is 25.0. The van der Waals surface area contributed by atoms with E-state index in [1.165, 1.54) is 32.4 Å². The van der Waals surface area contributed by atoms with Crippen molar-refractivity contribution in [1.82, 2.24) is 5.43 Å². The molecule has 2 aromatic rings. The molecule has 1 heterocycles. The van der Waals surface area contributed by atoms with Crippen molar-refractivity contribution < 1.29 is 28.9 Å². The minimum atomic E-state index is -0.540. The Morgan fingerprint density at radius 3 is 2.07 bits per heavy atom. The summed E-state index contributed by atoms with van der Waals surface area (Å²) in [6, 6.07) is 9.69. The van der Waals surface area contributed by atoms with Crippen molar-refractivity contribution in [1.29, 1.82) is 0 Å². The van der Waals surface area contributed by atoms with Crippen LogP contribution in [-0.4, -0.2) is 38.3 Å². The number of carbonyl (C=O) groups excluding carboxylic acids is 2. The largest absolute Gasteiger partial charge is 0.502 e. The second-order valence-electron chi connectivity index (χ2n) is 5.61. The number of hydrogen-bond donors (Lipinski definition) is 2. The maximum atomic E-state index is 12.7. The maximum Gasteiger partial charge on any atom is 0.282 e. The van der Waals surface area contributed by atoms with Crippen LogP contribution in [0.1, 0.15) is 5.56 Å². The van der Waals surface area contributed by atoms with Crippen molar-refractivity contribution in [2.75, 3.05) is 26.3 Å². The van der Waals surface area contributed by atoms with Gasteiger partial charge in [0.15, 0.2) is 11.5 Å². The molecule has 1 aliphatic rings. The number of nitrogens with one attached hydrogen (secondary N) is 1. The van der Waals surface area contributed by atoms with E-state index in [0.717, 1.165) is 5.01 Å². The summed E-state index contributed by atoms with van der Waals surface area (Å²) >= 11 is 0. The third-order valence-electron chi connectivity index (χ3n) is 4.04. The van der Waals surface area contributed by atoms with Gasteiger partial charge >= 0.3 is 0 Å². The normalized spacial score (nSPS) is 15.1. The van der Waals surface area contributed by atoms with Gasteiger partial charge < -0.3 is 19.3 Å². The van der Waals surface area contributed by atoms with Crippen molar-refractivity contribution in [3.8, 4) is 23.0 Å². The standard InChI is InChI=1S/C19H18N2O6/c1-25-13-6-4-12(5-7-13)21-19(24)14(18(23)20-21)8-11-9-15(26-2)17(22)16(10-11)27-3/h4-10,22H,1-3H3,(H,20,23)/b14-8+. The van der Waals surface area contributed by atoms with Crippen LogP contribution in [-0.2, 0) is 9.59 Å². The van der Waals surface area contributed by atoms with Crippen LogP contribution in [0.3, 0.4) is 0 Å². The molecule has 8 heteroatoms. The van der Waals surface area contributed by atoms with E-state index in [2.05, 4.69) is 5.43 Å². The fraction of sp³-hybridized carbons (Fsp3) is 0.158. The van der Waals surface area contributed by atoms with E-state index >= 15 is 0 Å². The minimum absolute atomic E-state index is 0.0550. The number of anilines is 1. The van der Waals surface area contributed by atoms with Crippen LogP contribution in [0.15, 0.2) is 42.0 Å². The van der Waals surface area contributed by atoms with Crippen LogP contribution >= 0.6 is 0 Å². The number of aromatic hydroxyl groups is 1. The number of phenols is 1. The molecular weight excluding hydrogens is 352 g/mol. The highest BCUT2D eigenvalue weighted by Crippen LogP contribution is 2.38. The summed E-state index contributed by atoms with van der Waals surface area (Å²) in [5.41, 5.74) is 3.43. The molecule has 0 unspecified atom stereocenters. The highest BCUT2D eigenvalue weighted by Gasteiger charge is 2.34. The fourth-order valence-corrected chi connectivity index (χ4v) is 2.63. The van der Waals surface area contributed by atoms with Crippen LogP contribution in [0.25, 0.3) is 6.08 Å². The molecule has 8 nitrogen and oxygen atoms in total. The molecule has 1 fully saturated rings. The van der Waals surface area contributed by atoms with Crippen LogP contribution in [0.5, 0.6) is 23.0 Å². The Kier molecular flexibility index (Phi) is 4.89. The number of hydrogen-bond acceptors (Lipinski definition) is 6. The molecule has 2 N–H and O–H groups in total. The van der Waals surface area contributed by atoms with Gasteiger partial charge in [-0.2, -0.15) is 0 Å². The Labute approximate surface area is 155 Å². The molecule has 2 amide bonds. The third-order valence-corrected chi connectivity index (χ3v) is 4.04. The first-order chi connectivity index (χ1) is 13.0. The number of nitrogens with zero attached hydrogens (tertiary/aromatic N) is 1. The Morgan fingerprint density at radius 1 is 0.963 bits per heavy atom. The minimum Gasteiger partial charge on any atom is -0.502 e. The Bertz CT molecular complexity index is 895. The van der Waals surface area contributed by atoms with Crippen molar-refractivity contribution in [2.45, 2.75) is 0 Å². The summed E-state index contributed by atoms with van der Waals surface area (Å²) < 4.78 is 15.3. The lowest BCUT2D eigenvalue weighted by atomic mass is 10.1. The molecule has 27 heavy (non-hydrogen) atoms. The second-order valence-corrected chi connectivity index (χ2v) is 5.61. The average molecular weight is 370 g/mol. The second kappa shape index (κ2) is 7.28. The zero-order valence-corrected chi connectivity index (χ0v) is 15.0. The monoisotopic (exact) mass is 370 g/mol. The molecule has 140 valence electrons. The van der Waals surface area contributed by atoms with E-state index in [9.17, 15) is 14.7 Å². The fourth-order valence-electron chi connectivity index (χ4n) is 2.63. The SMILES string of the molecule is COc1ccc(N2NC(=O)/C(=C\c3cc(OC)c(O)c(OC)c3)C2=O)cc1. The van der Waals surface area contributed by atoms with Gasteiger partial charge in [0.1, 0.15) is 11.3 Å². The van der Waals surface area contributed by atoms with Crippen LogP contribution in [0, 0.1) is 0 Å². The summed E-state index contributed by atoms with van der Waals surface area (Å²) in [5.74, 6) is -0.240. The van der Waals surface area contributed by atoms with E-state index < -0.39 is 11.8 Å². The number of amides is 2. The zero-order valence-electron chi connectivity index (χ0n) is 15.0. The van der Waals surface area contributed by atoms with Crippen LogP contribution < -0.4 is 24.6 Å². The van der Waals surface area contributed by atoms with E-state index in [1.807, 2.05) is 0 Å². The van der Waals surface area contributed by atoms with Crippen LogP contribution in [0.2, 0.25) is 0 Å². The third kappa shape index (κ3) is 3.37. The molecule has 0 saturated carbocycles. The topological polar surface area (TPSA) is 97.3 Å². The summed E-state index contributed by atoms with van der Waals surface area (Å²) in [6.45, 7) is 0. The number of benzene rings is 2. The van der Waals surface area contributed by atoms with Crippen molar-refractivity contribution >= 4 is 23.6 Å². The molecule has 0 spiro atoms. The Hall–Kier alpha value is -3.68. The number of hydrazine groups is 1. The predicted octanol–water partition coefficient (Wildman–Crippen LogP) is 1.88. The summed E-state index contributed by atoms with van der Waals surface area (Å²) in [5, 5.41) is 11.1. The van der Waals surface area contributed by atoms with E-state index in [4.69, 9.17) is 14.2 Å². The quantitative estimate of drug-likeness (QED) is 0.616. The average Bonchev–Trinajstić information content (AvgIpc) is 2.97. The number of rotatable bonds is 5. The predicted molar refractivity (Wildman–Crippen MR) is 97.8 cm³/mol. The molecule has 0 bridgehead atoms. The van der Waals surface area contributed by atoms with E-state index in [0.29, 0.717) is 17.0 Å². The molecule has 1 aliphatic heterocycles. The smallest absolute Gasteiger partial charge is 0.282 e. The highest BCUT2D eigenvalue weighted by molar-refractivity contribution is 6.31. The van der Waals surface area contributed by atoms with E-state index in [1.54, 1.807) is 31.4 Å². The van der Waals surface area contributed by atoms with Gasteiger partial charge in [0, 0.05) is 0 Å². The maximum absolute atomic E-state index is 12.7. The summed E-state index contributed by atoms with van der Waals surface area (Å²) in [7, 11) is 4.33. The first-order valence-corrected chi connectivity index (χ1v) is 7.94. The van der Waals surface area contributed by atoms with Gasteiger partial charge in [-0.25, -0.2) is 5.01 Å². The number of phenolic OH excluding ortho intramolecular Hbond substituents is 1. The number of carbonyl (C=O) groups is 2. The Morgan fingerprint density at radius 2 is 1.56 bits per heavy atom. The zero-order chi connectivity index (χ0) is 19.6. The lowest BCUT2D eigenvalue weighted by Gasteiger charge is -2.14. The molecule has 3 rings (SSSR count). The molecule has 0 aromatic heterocycles. The molecule has 2 aromatic carbocycles. The van der Waals surface area contributed by atoms with E-state index in [-0.39, 0.29) is 22.8 Å². The van der Waals surface area contributed by atoms with Gasteiger partial charge in [0.05, 0.1) is 27.0 Å². The van der Waals surface area contributed by atoms with Gasteiger partial charge in [-0.1, -0.05) is 0 Å². The molecule has 0 radical (unpaired) electrons. The number of methoxy groups -OCH3 is 3. The lowest BCUT2D eigenvalue weighted by Crippen LogP contribution is -2.35. The highest BCUT2D eigenvalue weighted by atomic mass is 16.5. The van der Waals surface area contributed by atoms with Crippen molar-refractivity contribution in [2.24, 2.45) is 0 Å². The van der Waals surface area contributed by atoms with Gasteiger partial charge in [-0.3, -0.25) is 15.0 Å². The molecule has 0 aliphatic carbocycles. The van der Waals surface area contributed by atoms with Crippen molar-refractivity contribution in [3.63, 3.8) is 0 Å². The number of ether oxygens (including phenoxy) is 3. The molecular formula is C19H18N2O6. The molecule has 1 saturated heterocycles. The Balaban J connectivity index is 1.95. The van der Waals surface area contributed by atoms with Gasteiger partial charge in [-0.05, 0) is 48.0 Å². The summed E-state index contributed by atoms with van der Waals surface area (Å²) in [6.07, 6.45) is 1.41. The van der Waals surface area contributed by atoms with Crippen molar-refractivity contribution in [3.05, 3.63) is 47.5 Å². The lowest BCUT2D eigenvalue weighted by molar-refractivity contribution is -0.117. The first kappa shape index (κ1) is 18.1. The first-order valence-electron chi connectivity index (χ1n) is 7.94. The molecule has 0 atom stereocenters. The van der Waals surface area contributed by atoms with Gasteiger partial charge in [0.25, 0.3) is 11.8 Å². The van der Waals surface area contributed by atoms with Gasteiger partial charge in [-0.15, -0.1) is 0 Å². The van der Waals surface area contributed by atoms with Crippen LogP contribution in [0.4, 0.5) is 5.69 Å². The van der Waals surface area contributed by atoms with Gasteiger partial charge in [0.2, 0.25) is 5.75 Å².